The standard InChI is InChI=1S/C11H17N3O.C2H6/c1-3-14(4-2)11(15)8-5-6-9(12)10(13)7-8;1-2/h5-7H,3-4,12-13H2,1-2H3;1-2H3. The highest BCUT2D eigenvalue weighted by Crippen LogP contribution is 2.17. The van der Waals surface area contributed by atoms with Crippen LogP contribution in [0.4, 0.5) is 11.4 Å². The van der Waals surface area contributed by atoms with Gasteiger partial charge in [-0.2, -0.15) is 0 Å². The summed E-state index contributed by atoms with van der Waals surface area (Å²) in [5, 5.41) is 0. The molecule has 1 rings (SSSR count). The van der Waals surface area contributed by atoms with Crippen LogP contribution in [0.15, 0.2) is 18.2 Å². The zero-order valence-electron chi connectivity index (χ0n) is 11.2. The predicted octanol–water partition coefficient (Wildman–Crippen LogP) is 2.36. The number of hydrogen-bond acceptors (Lipinski definition) is 3. The van der Waals surface area contributed by atoms with Crippen LogP contribution in [0.2, 0.25) is 0 Å². The molecule has 0 radical (unpaired) electrons. The lowest BCUT2D eigenvalue weighted by Gasteiger charge is -2.18. The van der Waals surface area contributed by atoms with Crippen LogP contribution in [0, 0.1) is 0 Å². The third-order valence-corrected chi connectivity index (χ3v) is 2.38. The Morgan fingerprint density at radius 1 is 1.12 bits per heavy atom. The van der Waals surface area contributed by atoms with Crippen molar-refractivity contribution in [3.63, 3.8) is 0 Å². The number of rotatable bonds is 3. The fourth-order valence-corrected chi connectivity index (χ4v) is 1.40. The maximum absolute atomic E-state index is 11.9. The Morgan fingerprint density at radius 3 is 2.06 bits per heavy atom. The highest BCUT2D eigenvalue weighted by atomic mass is 16.2. The molecule has 1 amide bonds. The van der Waals surface area contributed by atoms with Crippen LogP contribution in [0.1, 0.15) is 38.1 Å². The average molecular weight is 237 g/mol. The van der Waals surface area contributed by atoms with Gasteiger partial charge in [0, 0.05) is 18.7 Å². The van der Waals surface area contributed by atoms with Gasteiger partial charge in [0.25, 0.3) is 5.91 Å². The van der Waals surface area contributed by atoms with Crippen molar-refractivity contribution in [1.29, 1.82) is 0 Å². The third kappa shape index (κ3) is 3.98. The lowest BCUT2D eigenvalue weighted by atomic mass is 10.1. The second-order valence-electron chi connectivity index (χ2n) is 3.32. The third-order valence-electron chi connectivity index (χ3n) is 2.38. The first-order chi connectivity index (χ1) is 8.10. The van der Waals surface area contributed by atoms with Crippen LogP contribution in [0.25, 0.3) is 0 Å². The van der Waals surface area contributed by atoms with Crippen LogP contribution in [-0.2, 0) is 0 Å². The van der Waals surface area contributed by atoms with Gasteiger partial charge in [-0.15, -0.1) is 0 Å². The molecule has 0 heterocycles. The molecule has 4 heteroatoms. The van der Waals surface area contributed by atoms with Crippen molar-refractivity contribution in [1.82, 2.24) is 4.90 Å². The molecule has 0 saturated carbocycles. The van der Waals surface area contributed by atoms with Gasteiger partial charge in [-0.1, -0.05) is 13.8 Å². The minimum Gasteiger partial charge on any atom is -0.397 e. The normalized spacial score (nSPS) is 9.18. The highest BCUT2D eigenvalue weighted by Gasteiger charge is 2.12. The topological polar surface area (TPSA) is 72.3 Å². The number of carbonyl (C=O) groups excluding carboxylic acids is 1. The van der Waals surface area contributed by atoms with Gasteiger partial charge in [0.2, 0.25) is 0 Å². The first-order valence-electron chi connectivity index (χ1n) is 6.04. The van der Waals surface area contributed by atoms with E-state index in [0.29, 0.717) is 30.0 Å². The quantitative estimate of drug-likeness (QED) is 0.793. The van der Waals surface area contributed by atoms with Crippen molar-refractivity contribution in [2.45, 2.75) is 27.7 Å². The first kappa shape index (κ1) is 15.3. The Kier molecular flexibility index (Phi) is 6.79. The lowest BCUT2D eigenvalue weighted by Crippen LogP contribution is -2.30. The Hall–Kier alpha value is -1.71. The van der Waals surface area contributed by atoms with Crippen LogP contribution < -0.4 is 11.5 Å². The van der Waals surface area contributed by atoms with E-state index >= 15 is 0 Å². The summed E-state index contributed by atoms with van der Waals surface area (Å²) in [7, 11) is 0. The Labute approximate surface area is 104 Å². The molecule has 0 bridgehead atoms. The van der Waals surface area contributed by atoms with Crippen LogP contribution in [0.5, 0.6) is 0 Å². The summed E-state index contributed by atoms with van der Waals surface area (Å²) in [6.45, 7) is 9.28. The lowest BCUT2D eigenvalue weighted by molar-refractivity contribution is 0.0773. The second-order valence-corrected chi connectivity index (χ2v) is 3.32. The van der Waals surface area contributed by atoms with E-state index < -0.39 is 0 Å². The first-order valence-corrected chi connectivity index (χ1v) is 6.04. The molecular formula is C13H23N3O. The molecule has 0 aromatic heterocycles. The van der Waals surface area contributed by atoms with Gasteiger partial charge in [-0.25, -0.2) is 0 Å². The maximum Gasteiger partial charge on any atom is 0.253 e. The van der Waals surface area contributed by atoms with E-state index in [-0.39, 0.29) is 5.91 Å². The molecule has 1 aromatic rings. The van der Waals surface area contributed by atoms with E-state index in [1.54, 1.807) is 23.1 Å². The van der Waals surface area contributed by atoms with Gasteiger partial charge >= 0.3 is 0 Å². The number of amides is 1. The van der Waals surface area contributed by atoms with E-state index in [1.165, 1.54) is 0 Å². The molecule has 1 aromatic carbocycles. The van der Waals surface area contributed by atoms with E-state index in [4.69, 9.17) is 11.5 Å². The summed E-state index contributed by atoms with van der Waals surface area (Å²) in [6, 6.07) is 4.98. The fraction of sp³-hybridized carbons (Fsp3) is 0.462. The minimum atomic E-state index is -0.00769. The molecule has 0 fully saturated rings. The number of nitrogens with zero attached hydrogens (tertiary/aromatic N) is 1. The molecule has 0 saturated heterocycles. The zero-order chi connectivity index (χ0) is 13.4. The number of carbonyl (C=O) groups is 1. The minimum absolute atomic E-state index is 0.00769. The molecule has 0 unspecified atom stereocenters. The predicted molar refractivity (Wildman–Crippen MR) is 73.9 cm³/mol. The number of nitrogens with two attached hydrogens (primary N) is 2. The summed E-state index contributed by atoms with van der Waals surface area (Å²) in [5.74, 6) is -0.00769. The molecule has 0 aliphatic rings. The summed E-state index contributed by atoms with van der Waals surface area (Å²) >= 11 is 0. The number of nitrogen functional groups attached to an aromatic ring is 2. The molecule has 0 spiro atoms. The van der Waals surface area contributed by atoms with Crippen LogP contribution in [0.3, 0.4) is 0 Å². The van der Waals surface area contributed by atoms with E-state index in [9.17, 15) is 4.79 Å². The molecule has 0 aliphatic carbocycles. The van der Waals surface area contributed by atoms with Gasteiger partial charge in [0.1, 0.15) is 0 Å². The Morgan fingerprint density at radius 2 is 1.65 bits per heavy atom. The van der Waals surface area contributed by atoms with Crippen molar-refractivity contribution in [3.05, 3.63) is 23.8 Å². The number of benzene rings is 1. The van der Waals surface area contributed by atoms with Gasteiger partial charge in [-0.3, -0.25) is 4.79 Å². The van der Waals surface area contributed by atoms with Crippen molar-refractivity contribution in [2.75, 3.05) is 24.6 Å². The molecule has 96 valence electrons. The summed E-state index contributed by atoms with van der Waals surface area (Å²) in [6.07, 6.45) is 0. The molecular weight excluding hydrogens is 214 g/mol. The fourth-order valence-electron chi connectivity index (χ4n) is 1.40. The molecule has 4 nitrogen and oxygen atoms in total. The van der Waals surface area contributed by atoms with Gasteiger partial charge in [-0.05, 0) is 32.0 Å². The highest BCUT2D eigenvalue weighted by molar-refractivity contribution is 5.96. The van der Waals surface area contributed by atoms with E-state index in [1.807, 2.05) is 27.7 Å². The van der Waals surface area contributed by atoms with Crippen LogP contribution >= 0.6 is 0 Å². The number of anilines is 2. The summed E-state index contributed by atoms with van der Waals surface area (Å²) in [5.41, 5.74) is 12.8. The van der Waals surface area contributed by atoms with E-state index in [0.717, 1.165) is 0 Å². The molecule has 4 N–H and O–H groups in total. The second kappa shape index (κ2) is 7.54. The van der Waals surface area contributed by atoms with Crippen molar-refractivity contribution in [3.8, 4) is 0 Å². The SMILES string of the molecule is CC.CCN(CC)C(=O)c1ccc(N)c(N)c1. The summed E-state index contributed by atoms with van der Waals surface area (Å²) < 4.78 is 0. The smallest absolute Gasteiger partial charge is 0.253 e. The van der Waals surface area contributed by atoms with Gasteiger partial charge < -0.3 is 16.4 Å². The largest absolute Gasteiger partial charge is 0.397 e. The maximum atomic E-state index is 11.9. The Bertz CT molecular complexity index is 360. The number of hydrogen-bond donors (Lipinski definition) is 2. The van der Waals surface area contributed by atoms with Crippen molar-refractivity contribution in [2.24, 2.45) is 0 Å². The van der Waals surface area contributed by atoms with Crippen LogP contribution in [-0.4, -0.2) is 23.9 Å². The Balaban J connectivity index is 0.00000121. The van der Waals surface area contributed by atoms with Gasteiger partial charge in [0.05, 0.1) is 11.4 Å². The van der Waals surface area contributed by atoms with Crippen molar-refractivity contribution >= 4 is 17.3 Å². The average Bonchev–Trinajstić information content (AvgIpc) is 2.36. The molecule has 17 heavy (non-hydrogen) atoms. The molecule has 0 atom stereocenters. The van der Waals surface area contributed by atoms with Crippen molar-refractivity contribution < 1.29 is 4.79 Å². The van der Waals surface area contributed by atoms with Gasteiger partial charge in [0.15, 0.2) is 0 Å². The summed E-state index contributed by atoms with van der Waals surface area (Å²) in [4.78, 5) is 13.6. The van der Waals surface area contributed by atoms with E-state index in [2.05, 4.69) is 0 Å². The monoisotopic (exact) mass is 237 g/mol. The molecule has 0 aliphatic heterocycles. The zero-order valence-corrected chi connectivity index (χ0v) is 11.2.